The molecule has 0 saturated heterocycles. The van der Waals surface area contributed by atoms with E-state index in [1.165, 1.54) is 17.2 Å². The van der Waals surface area contributed by atoms with Crippen LogP contribution in [0.25, 0.3) is 0 Å². The standard InChI is InChI=1S/C17H19ClFN/c1-12-2-4-13(5-3-12)6-8-15(20)10-14-7-9-17(19)16(18)11-14/h2-5,7,9,11,15H,6,8,10,20H2,1H3. The summed E-state index contributed by atoms with van der Waals surface area (Å²) in [5, 5.41) is 0.160. The molecular weight excluding hydrogens is 273 g/mol. The Balaban J connectivity index is 1.87. The first-order chi connectivity index (χ1) is 9.54. The second kappa shape index (κ2) is 6.87. The Kier molecular flexibility index (Phi) is 5.16. The molecule has 1 nitrogen and oxygen atoms in total. The zero-order chi connectivity index (χ0) is 14.5. The largest absolute Gasteiger partial charge is 0.327 e. The van der Waals surface area contributed by atoms with Crippen molar-refractivity contribution in [3.05, 3.63) is 70.0 Å². The Morgan fingerprint density at radius 2 is 1.75 bits per heavy atom. The van der Waals surface area contributed by atoms with Crippen LogP contribution in [0.5, 0.6) is 0 Å². The van der Waals surface area contributed by atoms with Gasteiger partial charge in [0.25, 0.3) is 0 Å². The van der Waals surface area contributed by atoms with Gasteiger partial charge in [-0.2, -0.15) is 0 Å². The normalized spacial score (nSPS) is 12.4. The van der Waals surface area contributed by atoms with E-state index in [-0.39, 0.29) is 16.9 Å². The van der Waals surface area contributed by atoms with Gasteiger partial charge in [0, 0.05) is 6.04 Å². The van der Waals surface area contributed by atoms with Crippen molar-refractivity contribution in [1.29, 1.82) is 0 Å². The van der Waals surface area contributed by atoms with Gasteiger partial charge < -0.3 is 5.73 Å². The average Bonchev–Trinajstić information content (AvgIpc) is 2.42. The molecule has 0 saturated carbocycles. The molecule has 0 aliphatic heterocycles. The highest BCUT2D eigenvalue weighted by Gasteiger charge is 2.07. The van der Waals surface area contributed by atoms with E-state index in [9.17, 15) is 4.39 Å². The van der Waals surface area contributed by atoms with E-state index < -0.39 is 0 Å². The average molecular weight is 292 g/mol. The first-order valence-corrected chi connectivity index (χ1v) is 7.17. The summed E-state index contributed by atoms with van der Waals surface area (Å²) in [6.07, 6.45) is 2.57. The van der Waals surface area contributed by atoms with Crippen LogP contribution in [0.1, 0.15) is 23.1 Å². The number of hydrogen-bond acceptors (Lipinski definition) is 1. The van der Waals surface area contributed by atoms with E-state index in [1.807, 2.05) is 0 Å². The maximum atomic E-state index is 13.1. The number of rotatable bonds is 5. The lowest BCUT2D eigenvalue weighted by Crippen LogP contribution is -2.23. The second-order valence-corrected chi connectivity index (χ2v) is 5.64. The van der Waals surface area contributed by atoms with Gasteiger partial charge in [-0.1, -0.05) is 47.5 Å². The quantitative estimate of drug-likeness (QED) is 0.874. The molecule has 0 aliphatic rings. The molecule has 1 unspecified atom stereocenters. The molecule has 106 valence electrons. The van der Waals surface area contributed by atoms with E-state index >= 15 is 0 Å². The van der Waals surface area contributed by atoms with Crippen LogP contribution >= 0.6 is 11.6 Å². The summed E-state index contributed by atoms with van der Waals surface area (Å²) in [4.78, 5) is 0. The lowest BCUT2D eigenvalue weighted by atomic mass is 9.99. The van der Waals surface area contributed by atoms with E-state index in [0.29, 0.717) is 6.42 Å². The molecule has 0 radical (unpaired) electrons. The summed E-state index contributed by atoms with van der Waals surface area (Å²) in [6.45, 7) is 2.08. The monoisotopic (exact) mass is 291 g/mol. The van der Waals surface area contributed by atoms with Gasteiger partial charge in [-0.25, -0.2) is 4.39 Å². The zero-order valence-electron chi connectivity index (χ0n) is 11.6. The molecule has 0 bridgehead atoms. The fraction of sp³-hybridized carbons (Fsp3) is 0.294. The molecule has 0 heterocycles. The van der Waals surface area contributed by atoms with Gasteiger partial charge in [-0.05, 0) is 49.4 Å². The molecule has 2 aromatic carbocycles. The first kappa shape index (κ1) is 15.0. The molecule has 0 fully saturated rings. The smallest absolute Gasteiger partial charge is 0.141 e. The van der Waals surface area contributed by atoms with Crippen molar-refractivity contribution < 1.29 is 4.39 Å². The lowest BCUT2D eigenvalue weighted by molar-refractivity contribution is 0.605. The minimum absolute atomic E-state index is 0.0535. The number of halogens is 2. The molecule has 0 aromatic heterocycles. The maximum Gasteiger partial charge on any atom is 0.141 e. The van der Waals surface area contributed by atoms with Crippen molar-refractivity contribution in [2.45, 2.75) is 32.2 Å². The number of hydrogen-bond donors (Lipinski definition) is 1. The van der Waals surface area contributed by atoms with Gasteiger partial charge in [0.2, 0.25) is 0 Å². The third-order valence-electron chi connectivity index (χ3n) is 3.41. The fourth-order valence-electron chi connectivity index (χ4n) is 2.18. The second-order valence-electron chi connectivity index (χ2n) is 5.24. The van der Waals surface area contributed by atoms with Crippen LogP contribution in [0.2, 0.25) is 5.02 Å². The number of aryl methyl sites for hydroxylation is 2. The van der Waals surface area contributed by atoms with E-state index in [1.54, 1.807) is 12.1 Å². The molecule has 1 atom stereocenters. The van der Waals surface area contributed by atoms with Crippen molar-refractivity contribution >= 4 is 11.6 Å². The van der Waals surface area contributed by atoms with Crippen LogP contribution in [0, 0.1) is 12.7 Å². The topological polar surface area (TPSA) is 26.0 Å². The van der Waals surface area contributed by atoms with Crippen molar-refractivity contribution in [3.8, 4) is 0 Å². The van der Waals surface area contributed by atoms with Crippen LogP contribution < -0.4 is 5.73 Å². The van der Waals surface area contributed by atoms with Crippen molar-refractivity contribution in [3.63, 3.8) is 0 Å². The van der Waals surface area contributed by atoms with Gasteiger partial charge in [0.05, 0.1) is 5.02 Å². The summed E-state index contributed by atoms with van der Waals surface area (Å²) in [6, 6.07) is 13.3. The number of nitrogens with two attached hydrogens (primary N) is 1. The highest BCUT2D eigenvalue weighted by Crippen LogP contribution is 2.17. The van der Waals surface area contributed by atoms with Crippen LogP contribution in [-0.2, 0) is 12.8 Å². The highest BCUT2D eigenvalue weighted by atomic mass is 35.5. The molecule has 2 N–H and O–H groups in total. The molecule has 2 aromatic rings. The van der Waals surface area contributed by atoms with Crippen LogP contribution in [0.15, 0.2) is 42.5 Å². The Morgan fingerprint density at radius 1 is 1.10 bits per heavy atom. The van der Waals surface area contributed by atoms with E-state index in [0.717, 1.165) is 18.4 Å². The summed E-state index contributed by atoms with van der Waals surface area (Å²) in [5.74, 6) is -0.386. The van der Waals surface area contributed by atoms with E-state index in [4.69, 9.17) is 17.3 Å². The molecule has 3 heteroatoms. The molecular formula is C17H19ClFN. The summed E-state index contributed by atoms with van der Waals surface area (Å²) in [7, 11) is 0. The molecule has 2 rings (SSSR count). The van der Waals surface area contributed by atoms with Crippen LogP contribution in [0.3, 0.4) is 0 Å². The lowest BCUT2D eigenvalue weighted by Gasteiger charge is -2.12. The predicted octanol–water partition coefficient (Wildman–Crippen LogP) is 4.29. The van der Waals surface area contributed by atoms with Gasteiger partial charge in [-0.15, -0.1) is 0 Å². The third-order valence-corrected chi connectivity index (χ3v) is 3.70. The minimum atomic E-state index is -0.386. The minimum Gasteiger partial charge on any atom is -0.327 e. The van der Waals surface area contributed by atoms with Crippen LogP contribution in [-0.4, -0.2) is 6.04 Å². The van der Waals surface area contributed by atoms with Gasteiger partial charge >= 0.3 is 0 Å². The summed E-state index contributed by atoms with van der Waals surface area (Å²) >= 11 is 5.77. The third kappa shape index (κ3) is 4.32. The highest BCUT2D eigenvalue weighted by molar-refractivity contribution is 6.30. The maximum absolute atomic E-state index is 13.1. The van der Waals surface area contributed by atoms with E-state index in [2.05, 4.69) is 31.2 Å². The molecule has 20 heavy (non-hydrogen) atoms. The Hall–Kier alpha value is -1.38. The van der Waals surface area contributed by atoms with Gasteiger partial charge in [0.1, 0.15) is 5.82 Å². The number of benzene rings is 2. The molecule has 0 aliphatic carbocycles. The first-order valence-electron chi connectivity index (χ1n) is 6.79. The van der Waals surface area contributed by atoms with Gasteiger partial charge in [0.15, 0.2) is 0 Å². The summed E-state index contributed by atoms with van der Waals surface area (Å²) in [5.41, 5.74) is 9.67. The molecule has 0 amide bonds. The van der Waals surface area contributed by atoms with Gasteiger partial charge in [-0.3, -0.25) is 0 Å². The fourth-order valence-corrected chi connectivity index (χ4v) is 2.38. The van der Waals surface area contributed by atoms with Crippen molar-refractivity contribution in [2.75, 3.05) is 0 Å². The SMILES string of the molecule is Cc1ccc(CCC(N)Cc2ccc(F)c(Cl)c2)cc1. The van der Waals surface area contributed by atoms with Crippen LogP contribution in [0.4, 0.5) is 4.39 Å². The summed E-state index contributed by atoms with van der Waals surface area (Å²) < 4.78 is 13.1. The van der Waals surface area contributed by atoms with Crippen molar-refractivity contribution in [1.82, 2.24) is 0 Å². The Labute approximate surface area is 124 Å². The Morgan fingerprint density at radius 3 is 2.40 bits per heavy atom. The predicted molar refractivity (Wildman–Crippen MR) is 82.6 cm³/mol. The Bertz CT molecular complexity index is 566. The van der Waals surface area contributed by atoms with Crippen molar-refractivity contribution in [2.24, 2.45) is 5.73 Å². The molecule has 0 spiro atoms. The zero-order valence-corrected chi connectivity index (χ0v) is 12.3.